The highest BCUT2D eigenvalue weighted by Crippen LogP contribution is 2.42. The van der Waals surface area contributed by atoms with Gasteiger partial charge in [-0.3, -0.25) is 4.79 Å². The molecule has 1 unspecified atom stereocenters. The first-order valence-electron chi connectivity index (χ1n) is 12.9. The van der Waals surface area contributed by atoms with Gasteiger partial charge in [0.25, 0.3) is 5.56 Å². The van der Waals surface area contributed by atoms with Crippen molar-refractivity contribution >= 4 is 40.1 Å². The molecule has 0 fully saturated rings. The van der Waals surface area contributed by atoms with Gasteiger partial charge in [-0.05, 0) is 65.6 Å². The topological polar surface area (TPSA) is 86.4 Å². The highest BCUT2D eigenvalue weighted by molar-refractivity contribution is 6.31. The zero-order valence-electron chi connectivity index (χ0n) is 23.2. The Kier molecular flexibility index (Phi) is 9.34. The molecule has 1 atom stereocenters. The number of hydrogen-bond donors (Lipinski definition) is 1. The number of carbonyl (C=O) groups is 1. The van der Waals surface area contributed by atoms with Gasteiger partial charge in [-0.25, -0.2) is 9.78 Å². The number of halogens is 5. The maximum absolute atomic E-state index is 12.9. The maximum Gasteiger partial charge on any atom is 0.490 e. The van der Waals surface area contributed by atoms with E-state index >= 15 is 0 Å². The van der Waals surface area contributed by atoms with Crippen molar-refractivity contribution in [2.45, 2.75) is 25.2 Å². The fourth-order valence-electron chi connectivity index (χ4n) is 4.93. The normalized spacial score (nSPS) is 12.8. The number of aromatic nitrogens is 3. The summed E-state index contributed by atoms with van der Waals surface area (Å²) in [6, 6.07) is 22.9. The molecule has 0 amide bonds. The van der Waals surface area contributed by atoms with E-state index in [0.717, 1.165) is 45.4 Å². The van der Waals surface area contributed by atoms with Gasteiger partial charge < -0.3 is 19.0 Å². The molecule has 7 nitrogen and oxygen atoms in total. The average molecular weight is 632 g/mol. The lowest BCUT2D eigenvalue weighted by molar-refractivity contribution is -0.192. The summed E-state index contributed by atoms with van der Waals surface area (Å²) in [7, 11) is 3.48. The number of alkyl halides is 3. The minimum absolute atomic E-state index is 0.0926. The summed E-state index contributed by atoms with van der Waals surface area (Å²) < 4.78 is 41.9. The van der Waals surface area contributed by atoms with Gasteiger partial charge in [0.2, 0.25) is 0 Å². The first-order valence-corrected chi connectivity index (χ1v) is 13.6. The van der Waals surface area contributed by atoms with Crippen LogP contribution >= 0.6 is 23.2 Å². The summed E-state index contributed by atoms with van der Waals surface area (Å²) in [5.41, 5.74) is 4.14. The van der Waals surface area contributed by atoms with Gasteiger partial charge in [0.15, 0.2) is 5.60 Å². The van der Waals surface area contributed by atoms with Crippen LogP contribution in [0.25, 0.3) is 22.0 Å². The molecule has 43 heavy (non-hydrogen) atoms. The number of imidazole rings is 1. The third kappa shape index (κ3) is 6.31. The number of nitrogens with zero attached hydrogens (tertiary/aromatic N) is 3. The predicted molar refractivity (Wildman–Crippen MR) is 160 cm³/mol. The molecule has 5 rings (SSSR count). The Morgan fingerprint density at radius 2 is 1.63 bits per heavy atom. The monoisotopic (exact) mass is 631 g/mol. The van der Waals surface area contributed by atoms with Crippen molar-refractivity contribution < 1.29 is 27.8 Å². The molecule has 0 radical (unpaired) electrons. The summed E-state index contributed by atoms with van der Waals surface area (Å²) in [5.74, 6) is -2.76. The molecule has 0 aliphatic heterocycles. The van der Waals surface area contributed by atoms with Crippen molar-refractivity contribution in [3.05, 3.63) is 123 Å². The summed E-state index contributed by atoms with van der Waals surface area (Å²) in [6.07, 6.45) is -1.44. The Balaban J connectivity index is 0.000000541. The average Bonchev–Trinajstić information content (AvgIpc) is 3.45. The molecule has 12 heteroatoms. The van der Waals surface area contributed by atoms with E-state index in [-0.39, 0.29) is 5.56 Å². The number of fused-ring (bicyclic) bond motifs is 1. The number of rotatable bonds is 6. The Morgan fingerprint density at radius 1 is 0.977 bits per heavy atom. The maximum atomic E-state index is 12.9. The van der Waals surface area contributed by atoms with Gasteiger partial charge in [0.1, 0.15) is 0 Å². The predicted octanol–water partition coefficient (Wildman–Crippen LogP) is 7.30. The van der Waals surface area contributed by atoms with Crippen molar-refractivity contribution in [2.24, 2.45) is 7.05 Å². The van der Waals surface area contributed by atoms with E-state index < -0.39 is 17.7 Å². The van der Waals surface area contributed by atoms with Crippen LogP contribution < -0.4 is 5.56 Å². The molecule has 2 heterocycles. The molecule has 2 aromatic heterocycles. The summed E-state index contributed by atoms with van der Waals surface area (Å²) >= 11 is 12.6. The lowest BCUT2D eigenvalue weighted by Gasteiger charge is -2.34. The number of carboxylic acid groups (broad SMARTS) is 1. The molecular weight excluding hydrogens is 606 g/mol. The minimum Gasteiger partial charge on any atom is -0.475 e. The second-order valence-corrected chi connectivity index (χ2v) is 10.3. The third-order valence-corrected chi connectivity index (χ3v) is 7.49. The number of carboxylic acids is 1. The van der Waals surface area contributed by atoms with Gasteiger partial charge in [-0.15, -0.1) is 0 Å². The smallest absolute Gasteiger partial charge is 0.475 e. The van der Waals surface area contributed by atoms with Crippen LogP contribution in [0.2, 0.25) is 10.0 Å². The lowest BCUT2D eigenvalue weighted by Crippen LogP contribution is -2.34. The Labute approximate surface area is 254 Å². The van der Waals surface area contributed by atoms with Crippen LogP contribution in [0, 0.1) is 0 Å². The third-order valence-electron chi connectivity index (χ3n) is 7.00. The summed E-state index contributed by atoms with van der Waals surface area (Å²) in [6.45, 7) is 2.80. The SMILES string of the molecule is CCn1cncc1C(OC)(c1ccc(Cl)cc1)c1ccc2c(c1)c(-c1cccc(Cl)c1)cc(=O)n2C.O=C(O)C(F)(F)F. The zero-order chi connectivity index (χ0) is 31.5. The Hall–Kier alpha value is -4.12. The quantitative estimate of drug-likeness (QED) is 0.212. The number of pyridine rings is 1. The fourth-order valence-corrected chi connectivity index (χ4v) is 5.24. The van der Waals surface area contributed by atoms with Crippen molar-refractivity contribution in [3.63, 3.8) is 0 Å². The zero-order valence-corrected chi connectivity index (χ0v) is 24.7. The molecule has 5 aromatic rings. The first kappa shape index (κ1) is 31.8. The van der Waals surface area contributed by atoms with E-state index in [9.17, 15) is 18.0 Å². The van der Waals surface area contributed by atoms with Gasteiger partial charge in [0, 0.05) is 42.2 Å². The molecule has 0 aliphatic carbocycles. The van der Waals surface area contributed by atoms with E-state index in [4.69, 9.17) is 37.8 Å². The number of methoxy groups -OCH3 is 1. The first-order chi connectivity index (χ1) is 20.3. The minimum atomic E-state index is -5.08. The molecule has 0 aliphatic rings. The summed E-state index contributed by atoms with van der Waals surface area (Å²) in [5, 5.41) is 9.29. The molecule has 0 bridgehead atoms. The second kappa shape index (κ2) is 12.6. The van der Waals surface area contributed by atoms with Crippen LogP contribution in [-0.2, 0) is 28.7 Å². The lowest BCUT2D eigenvalue weighted by atomic mass is 9.82. The van der Waals surface area contributed by atoms with Crippen LogP contribution in [0.1, 0.15) is 23.7 Å². The number of ether oxygens (including phenoxy) is 1. The van der Waals surface area contributed by atoms with Crippen LogP contribution in [0.3, 0.4) is 0 Å². The van der Waals surface area contributed by atoms with Crippen LogP contribution in [0.15, 0.2) is 90.1 Å². The number of hydrogen-bond acceptors (Lipinski definition) is 4. The molecule has 1 N–H and O–H groups in total. The van der Waals surface area contributed by atoms with E-state index in [0.29, 0.717) is 10.0 Å². The van der Waals surface area contributed by atoms with Crippen molar-refractivity contribution in [3.8, 4) is 11.1 Å². The molecule has 224 valence electrons. The highest BCUT2D eigenvalue weighted by Gasteiger charge is 2.40. The van der Waals surface area contributed by atoms with Crippen molar-refractivity contribution in [2.75, 3.05) is 7.11 Å². The standard InChI is InChI=1S/C29H25Cl2N3O2.C2HF3O2/c1-4-34-18-32-17-27(34)29(36-3,20-8-11-22(30)12-9-20)21-10-13-26-25(15-21)24(16-28(35)33(26)2)19-6-5-7-23(31)14-19;3-2(4,5)1(6)7/h5-18H,4H2,1-3H3;(H,6,7). The van der Waals surface area contributed by atoms with Crippen molar-refractivity contribution in [1.82, 2.24) is 14.1 Å². The van der Waals surface area contributed by atoms with Crippen LogP contribution in [0.4, 0.5) is 13.2 Å². The van der Waals surface area contributed by atoms with Gasteiger partial charge >= 0.3 is 12.1 Å². The van der Waals surface area contributed by atoms with Gasteiger partial charge in [-0.2, -0.15) is 13.2 Å². The van der Waals surface area contributed by atoms with Crippen LogP contribution in [0.5, 0.6) is 0 Å². The number of benzene rings is 3. The molecular formula is C31H26Cl2F3N3O4. The van der Waals surface area contributed by atoms with E-state index in [2.05, 4.69) is 22.5 Å². The Bertz CT molecular complexity index is 1840. The molecule has 0 saturated heterocycles. The molecule has 0 spiro atoms. The number of aryl methyl sites for hydroxylation is 2. The molecule has 3 aromatic carbocycles. The number of aliphatic carboxylic acids is 1. The van der Waals surface area contributed by atoms with E-state index in [1.807, 2.05) is 66.9 Å². The van der Waals surface area contributed by atoms with Crippen molar-refractivity contribution in [1.29, 1.82) is 0 Å². The Morgan fingerprint density at radius 3 is 2.21 bits per heavy atom. The molecule has 0 saturated carbocycles. The van der Waals surface area contributed by atoms with Gasteiger partial charge in [0.05, 0.1) is 23.7 Å². The van der Waals surface area contributed by atoms with E-state index in [1.165, 1.54) is 0 Å². The van der Waals surface area contributed by atoms with Gasteiger partial charge in [-0.1, -0.05) is 53.5 Å². The second-order valence-electron chi connectivity index (χ2n) is 9.46. The van der Waals surface area contributed by atoms with E-state index in [1.54, 1.807) is 31.1 Å². The highest BCUT2D eigenvalue weighted by atomic mass is 35.5. The van der Waals surface area contributed by atoms with Crippen LogP contribution in [-0.4, -0.2) is 38.5 Å². The fraction of sp³-hybridized carbons (Fsp3) is 0.194. The largest absolute Gasteiger partial charge is 0.490 e. The summed E-state index contributed by atoms with van der Waals surface area (Å²) in [4.78, 5) is 26.2.